The van der Waals surface area contributed by atoms with Gasteiger partial charge in [0, 0.05) is 24.5 Å². The van der Waals surface area contributed by atoms with Crippen molar-refractivity contribution in [1.82, 2.24) is 15.2 Å². The van der Waals surface area contributed by atoms with Crippen molar-refractivity contribution in [3.05, 3.63) is 16.1 Å². The van der Waals surface area contributed by atoms with Gasteiger partial charge < -0.3 is 10.1 Å². The summed E-state index contributed by atoms with van der Waals surface area (Å²) in [5.41, 5.74) is 0. The topological polar surface area (TPSA) is 54.5 Å². The zero-order chi connectivity index (χ0) is 17.5. The number of nitrogens with one attached hydrogen (secondary N) is 1. The Bertz CT molecular complexity index is 646. The van der Waals surface area contributed by atoms with Crippen molar-refractivity contribution in [2.75, 3.05) is 19.7 Å². The summed E-state index contributed by atoms with van der Waals surface area (Å²) in [5.74, 6) is 1.88. The van der Waals surface area contributed by atoms with E-state index in [9.17, 15) is 4.79 Å². The van der Waals surface area contributed by atoms with Gasteiger partial charge in [-0.15, -0.1) is 11.3 Å². The minimum absolute atomic E-state index is 0.0773. The molecule has 1 amide bonds. The smallest absolute Gasteiger partial charge is 0.263 e. The molecule has 4 atom stereocenters. The number of carbonyl (C=O) groups is 1. The molecule has 0 aromatic carbocycles. The number of amides is 1. The van der Waals surface area contributed by atoms with E-state index in [0.717, 1.165) is 48.5 Å². The van der Waals surface area contributed by atoms with E-state index in [1.807, 2.05) is 0 Å². The first-order chi connectivity index (χ1) is 12.8. The Hall–Kier alpha value is -0.980. The second kappa shape index (κ2) is 7.21. The zero-order valence-electron chi connectivity index (χ0n) is 15.4. The molecule has 6 heteroatoms. The molecule has 2 aliphatic carbocycles. The van der Waals surface area contributed by atoms with Crippen molar-refractivity contribution in [2.45, 2.75) is 63.6 Å². The van der Waals surface area contributed by atoms with Crippen LogP contribution in [0.1, 0.15) is 59.6 Å². The SMILES string of the molecule is O=C(N[C@H]1[C@H]2CCO[C@H]2[C@H]1C1CCCC1)c1cnc(CN2CCCC2)s1. The van der Waals surface area contributed by atoms with E-state index >= 15 is 0 Å². The Morgan fingerprint density at radius 1 is 1.23 bits per heavy atom. The Kier molecular flexibility index (Phi) is 4.75. The van der Waals surface area contributed by atoms with Crippen molar-refractivity contribution < 1.29 is 9.53 Å². The molecule has 0 unspecified atom stereocenters. The zero-order valence-corrected chi connectivity index (χ0v) is 16.2. The van der Waals surface area contributed by atoms with E-state index in [0.29, 0.717) is 24.0 Å². The third-order valence-electron chi connectivity index (χ3n) is 7.02. The van der Waals surface area contributed by atoms with Gasteiger partial charge in [0.25, 0.3) is 5.91 Å². The van der Waals surface area contributed by atoms with Crippen molar-refractivity contribution in [2.24, 2.45) is 17.8 Å². The molecule has 0 radical (unpaired) electrons. The van der Waals surface area contributed by atoms with Crippen LogP contribution in [0, 0.1) is 17.8 Å². The highest BCUT2D eigenvalue weighted by Gasteiger charge is 2.57. The molecule has 2 saturated carbocycles. The van der Waals surface area contributed by atoms with E-state index < -0.39 is 0 Å². The Labute approximate surface area is 159 Å². The minimum atomic E-state index is 0.0773. The highest BCUT2D eigenvalue weighted by molar-refractivity contribution is 7.13. The molecule has 2 saturated heterocycles. The third-order valence-corrected chi connectivity index (χ3v) is 8.00. The summed E-state index contributed by atoms with van der Waals surface area (Å²) in [6.45, 7) is 4.08. The fourth-order valence-electron chi connectivity index (χ4n) is 5.70. The maximum absolute atomic E-state index is 12.9. The van der Waals surface area contributed by atoms with Crippen LogP contribution in [-0.4, -0.2) is 47.6 Å². The van der Waals surface area contributed by atoms with Crippen LogP contribution in [0.5, 0.6) is 0 Å². The summed E-state index contributed by atoms with van der Waals surface area (Å²) in [6, 6.07) is 0.308. The molecule has 1 N–H and O–H groups in total. The number of nitrogens with zero attached hydrogens (tertiary/aromatic N) is 2. The largest absolute Gasteiger partial charge is 0.377 e. The summed E-state index contributed by atoms with van der Waals surface area (Å²) < 4.78 is 6.01. The fourth-order valence-corrected chi connectivity index (χ4v) is 6.57. The van der Waals surface area contributed by atoms with Gasteiger partial charge in [0.1, 0.15) is 9.88 Å². The number of rotatable bonds is 5. The molecule has 5 nitrogen and oxygen atoms in total. The second-order valence-electron chi connectivity index (χ2n) is 8.51. The number of ether oxygens (including phenoxy) is 1. The van der Waals surface area contributed by atoms with E-state index in [1.165, 1.54) is 38.5 Å². The van der Waals surface area contributed by atoms with Gasteiger partial charge in [0.05, 0.1) is 18.8 Å². The van der Waals surface area contributed by atoms with Crippen LogP contribution in [0.4, 0.5) is 0 Å². The van der Waals surface area contributed by atoms with Crippen LogP contribution in [0.15, 0.2) is 6.20 Å². The highest BCUT2D eigenvalue weighted by atomic mass is 32.1. The average Bonchev–Trinajstić information content (AvgIpc) is 3.42. The van der Waals surface area contributed by atoms with Crippen LogP contribution in [0.3, 0.4) is 0 Å². The molecule has 0 bridgehead atoms. The molecule has 4 aliphatic rings. The molecule has 3 heterocycles. The summed E-state index contributed by atoms with van der Waals surface area (Å²) in [7, 11) is 0. The molecule has 26 heavy (non-hydrogen) atoms. The van der Waals surface area contributed by atoms with E-state index in [-0.39, 0.29) is 5.91 Å². The number of thiazole rings is 1. The Morgan fingerprint density at radius 3 is 2.85 bits per heavy atom. The molecule has 1 aromatic heterocycles. The highest BCUT2D eigenvalue weighted by Crippen LogP contribution is 2.51. The summed E-state index contributed by atoms with van der Waals surface area (Å²) in [5, 5.41) is 4.45. The maximum atomic E-state index is 12.9. The quantitative estimate of drug-likeness (QED) is 0.859. The number of hydrogen-bond acceptors (Lipinski definition) is 5. The fraction of sp³-hybridized carbons (Fsp3) is 0.800. The number of likely N-dealkylation sites (tertiary alicyclic amines) is 1. The van der Waals surface area contributed by atoms with Crippen molar-refractivity contribution in [3.63, 3.8) is 0 Å². The van der Waals surface area contributed by atoms with Gasteiger partial charge in [-0.3, -0.25) is 9.69 Å². The van der Waals surface area contributed by atoms with Crippen molar-refractivity contribution in [3.8, 4) is 0 Å². The number of aromatic nitrogens is 1. The lowest BCUT2D eigenvalue weighted by atomic mass is 9.61. The molecule has 5 rings (SSSR count). The monoisotopic (exact) mass is 375 g/mol. The summed E-state index contributed by atoms with van der Waals surface area (Å²) >= 11 is 1.57. The minimum Gasteiger partial charge on any atom is -0.377 e. The molecule has 4 fully saturated rings. The Balaban J connectivity index is 1.23. The van der Waals surface area contributed by atoms with Crippen LogP contribution >= 0.6 is 11.3 Å². The van der Waals surface area contributed by atoms with Crippen molar-refractivity contribution in [1.29, 1.82) is 0 Å². The van der Waals surface area contributed by atoms with Gasteiger partial charge >= 0.3 is 0 Å². The summed E-state index contributed by atoms with van der Waals surface area (Å²) in [4.78, 5) is 20.6. The lowest BCUT2D eigenvalue weighted by molar-refractivity contribution is -0.0784. The molecule has 142 valence electrons. The van der Waals surface area contributed by atoms with E-state index in [2.05, 4.69) is 15.2 Å². The predicted molar refractivity (Wildman–Crippen MR) is 101 cm³/mol. The van der Waals surface area contributed by atoms with Crippen LogP contribution in [0.2, 0.25) is 0 Å². The first-order valence-corrected chi connectivity index (χ1v) is 11.2. The van der Waals surface area contributed by atoms with Gasteiger partial charge in [0.15, 0.2) is 0 Å². The second-order valence-corrected chi connectivity index (χ2v) is 9.63. The Morgan fingerprint density at radius 2 is 2.04 bits per heavy atom. The van der Waals surface area contributed by atoms with Gasteiger partial charge in [-0.2, -0.15) is 0 Å². The molecule has 2 aliphatic heterocycles. The maximum Gasteiger partial charge on any atom is 0.263 e. The number of carbonyl (C=O) groups excluding carboxylic acids is 1. The lowest BCUT2D eigenvalue weighted by Crippen LogP contribution is -2.63. The van der Waals surface area contributed by atoms with Crippen molar-refractivity contribution >= 4 is 17.2 Å². The molecular weight excluding hydrogens is 346 g/mol. The summed E-state index contributed by atoms with van der Waals surface area (Å²) in [6.07, 6.45) is 11.1. The average molecular weight is 376 g/mol. The molecular formula is C20H29N3O2S. The van der Waals surface area contributed by atoms with Gasteiger partial charge in [-0.25, -0.2) is 4.98 Å². The van der Waals surface area contributed by atoms with Gasteiger partial charge in [-0.05, 0) is 38.3 Å². The van der Waals surface area contributed by atoms with Crippen LogP contribution in [-0.2, 0) is 11.3 Å². The van der Waals surface area contributed by atoms with Crippen LogP contribution < -0.4 is 5.32 Å². The number of hydrogen-bond donors (Lipinski definition) is 1. The first-order valence-electron chi connectivity index (χ1n) is 10.4. The van der Waals surface area contributed by atoms with E-state index in [4.69, 9.17) is 4.74 Å². The lowest BCUT2D eigenvalue weighted by Gasteiger charge is -2.50. The predicted octanol–water partition coefficient (Wildman–Crippen LogP) is 3.06. The van der Waals surface area contributed by atoms with Crippen LogP contribution in [0.25, 0.3) is 0 Å². The molecule has 1 aromatic rings. The van der Waals surface area contributed by atoms with E-state index in [1.54, 1.807) is 17.5 Å². The third kappa shape index (κ3) is 3.10. The molecule has 0 spiro atoms. The van der Waals surface area contributed by atoms with Gasteiger partial charge in [-0.1, -0.05) is 25.7 Å². The standard InChI is InChI=1S/C20H29N3O2S/c24-20(15-11-21-16(26-15)12-23-8-3-4-9-23)22-18-14-7-10-25-19(14)17(18)13-5-1-2-6-13/h11,13-14,17-19H,1-10,12H2,(H,22,24)/t14-,17+,18+,19-/m1/s1. The normalized spacial score (nSPS) is 34.8. The number of fused-ring (bicyclic) bond motifs is 1. The first kappa shape index (κ1) is 17.1. The van der Waals surface area contributed by atoms with Gasteiger partial charge in [0.2, 0.25) is 0 Å².